The lowest BCUT2D eigenvalue weighted by molar-refractivity contribution is 0.0933. The number of aromatic nitrogens is 2. The number of nitrogens with one attached hydrogen (secondary N) is 1. The molecule has 1 amide bonds. The molecule has 1 aromatic heterocycles. The summed E-state index contributed by atoms with van der Waals surface area (Å²) in [6, 6.07) is 20.4. The van der Waals surface area contributed by atoms with E-state index in [1.54, 1.807) is 30.3 Å². The average molecular weight is 497 g/mol. The van der Waals surface area contributed by atoms with Crippen LogP contribution in [0.1, 0.15) is 23.3 Å². The van der Waals surface area contributed by atoms with Crippen LogP contribution in [0.4, 0.5) is 0 Å². The fourth-order valence-electron chi connectivity index (χ4n) is 3.92. The van der Waals surface area contributed by atoms with Gasteiger partial charge in [0.25, 0.3) is 11.5 Å². The minimum atomic E-state index is -3.50. The molecule has 10 heteroatoms. The number of nitrogens with zero attached hydrogens (tertiary/aromatic N) is 3. The minimum absolute atomic E-state index is 0.147. The van der Waals surface area contributed by atoms with E-state index in [9.17, 15) is 18.0 Å². The molecule has 35 heavy (non-hydrogen) atoms. The maximum absolute atomic E-state index is 12.8. The third-order valence-corrected chi connectivity index (χ3v) is 7.83. The van der Waals surface area contributed by atoms with Gasteiger partial charge < -0.3 is 10.1 Å². The van der Waals surface area contributed by atoms with Gasteiger partial charge in [0.1, 0.15) is 18.1 Å². The van der Waals surface area contributed by atoms with Crippen LogP contribution in [0.5, 0.6) is 5.75 Å². The van der Waals surface area contributed by atoms with E-state index in [2.05, 4.69) is 10.4 Å². The molecule has 1 fully saturated rings. The van der Waals surface area contributed by atoms with Gasteiger partial charge in [0.2, 0.25) is 10.0 Å². The SMILES string of the molecule is O=C(NCC1CCN(S(=O)(=O)c2ccccc2)CC1)c1ccc(=O)n(CCOc2ccccc2)n1. The number of carbonyl (C=O) groups excluding carboxylic acids is 1. The van der Waals surface area contributed by atoms with Gasteiger partial charge in [-0.1, -0.05) is 36.4 Å². The van der Waals surface area contributed by atoms with Gasteiger partial charge in [-0.05, 0) is 49.1 Å². The van der Waals surface area contributed by atoms with E-state index in [-0.39, 0.29) is 36.2 Å². The lowest BCUT2D eigenvalue weighted by atomic mass is 9.98. The molecule has 3 aromatic rings. The molecule has 184 valence electrons. The van der Waals surface area contributed by atoms with Crippen LogP contribution in [-0.4, -0.2) is 54.7 Å². The number of sulfonamides is 1. The van der Waals surface area contributed by atoms with Gasteiger partial charge in [-0.3, -0.25) is 9.59 Å². The van der Waals surface area contributed by atoms with Crippen molar-refractivity contribution in [3.05, 3.63) is 88.8 Å². The molecular formula is C25H28N4O5S. The van der Waals surface area contributed by atoms with Gasteiger partial charge in [0.15, 0.2) is 0 Å². The van der Waals surface area contributed by atoms with Crippen molar-refractivity contribution >= 4 is 15.9 Å². The molecule has 4 rings (SSSR count). The molecule has 9 nitrogen and oxygen atoms in total. The second-order valence-corrected chi connectivity index (χ2v) is 10.2. The molecular weight excluding hydrogens is 468 g/mol. The molecule has 1 aliphatic heterocycles. The largest absolute Gasteiger partial charge is 0.492 e. The quantitative estimate of drug-likeness (QED) is 0.486. The first kappa shape index (κ1) is 24.6. The molecule has 1 N–H and O–H groups in total. The van der Waals surface area contributed by atoms with E-state index >= 15 is 0 Å². The minimum Gasteiger partial charge on any atom is -0.492 e. The van der Waals surface area contributed by atoms with Crippen LogP contribution < -0.4 is 15.6 Å². The zero-order valence-electron chi connectivity index (χ0n) is 19.2. The van der Waals surface area contributed by atoms with Gasteiger partial charge in [0.05, 0.1) is 11.4 Å². The van der Waals surface area contributed by atoms with E-state index in [0.29, 0.717) is 43.1 Å². The van der Waals surface area contributed by atoms with Crippen LogP contribution in [0.15, 0.2) is 82.5 Å². The summed E-state index contributed by atoms with van der Waals surface area (Å²) in [5, 5.41) is 7.04. The molecule has 2 heterocycles. The first-order valence-corrected chi connectivity index (χ1v) is 13.0. The maximum atomic E-state index is 12.8. The van der Waals surface area contributed by atoms with Crippen LogP contribution in [0.25, 0.3) is 0 Å². The number of amides is 1. The van der Waals surface area contributed by atoms with Crippen LogP contribution in [-0.2, 0) is 16.6 Å². The fraction of sp³-hybridized carbons (Fsp3) is 0.320. The molecule has 0 aliphatic carbocycles. The fourth-order valence-corrected chi connectivity index (χ4v) is 5.41. The highest BCUT2D eigenvalue weighted by atomic mass is 32.2. The summed E-state index contributed by atoms with van der Waals surface area (Å²) in [7, 11) is -3.50. The van der Waals surface area contributed by atoms with Crippen LogP contribution >= 0.6 is 0 Å². The Balaban J connectivity index is 1.26. The standard InChI is InChI=1S/C25H28N4O5S/c30-24-12-11-23(27-29(24)17-18-34-21-7-3-1-4-8-21)25(31)26-19-20-13-15-28(16-14-20)35(32,33)22-9-5-2-6-10-22/h1-12,20H,13-19H2,(H,26,31). The van der Waals surface area contributed by atoms with Crippen molar-refractivity contribution in [2.75, 3.05) is 26.2 Å². The molecule has 0 spiro atoms. The van der Waals surface area contributed by atoms with Gasteiger partial charge in [-0.2, -0.15) is 9.40 Å². The van der Waals surface area contributed by atoms with Crippen molar-refractivity contribution in [3.63, 3.8) is 0 Å². The third kappa shape index (κ3) is 6.34. The number of ether oxygens (including phenoxy) is 1. The monoisotopic (exact) mass is 496 g/mol. The predicted octanol–water partition coefficient (Wildman–Crippen LogP) is 2.15. The summed E-state index contributed by atoms with van der Waals surface area (Å²) in [6.45, 7) is 1.68. The van der Waals surface area contributed by atoms with Gasteiger partial charge >= 0.3 is 0 Å². The molecule has 2 aromatic carbocycles. The summed E-state index contributed by atoms with van der Waals surface area (Å²) >= 11 is 0. The molecule has 0 saturated carbocycles. The Bertz CT molecular complexity index is 1290. The first-order chi connectivity index (χ1) is 16.9. The Morgan fingerprint density at radius 2 is 1.63 bits per heavy atom. The molecule has 0 radical (unpaired) electrons. The van der Waals surface area contributed by atoms with Crippen LogP contribution in [0.2, 0.25) is 0 Å². The lowest BCUT2D eigenvalue weighted by Gasteiger charge is -2.31. The summed E-state index contributed by atoms with van der Waals surface area (Å²) in [5.74, 6) is 0.477. The highest BCUT2D eigenvalue weighted by molar-refractivity contribution is 7.89. The number of hydrogen-bond acceptors (Lipinski definition) is 6. The van der Waals surface area contributed by atoms with E-state index in [0.717, 1.165) is 0 Å². The van der Waals surface area contributed by atoms with E-state index < -0.39 is 10.0 Å². The highest BCUT2D eigenvalue weighted by Crippen LogP contribution is 2.23. The highest BCUT2D eigenvalue weighted by Gasteiger charge is 2.29. The topological polar surface area (TPSA) is 111 Å². The normalized spacial score (nSPS) is 15.0. The zero-order chi connectivity index (χ0) is 24.7. The van der Waals surface area contributed by atoms with E-state index in [4.69, 9.17) is 4.74 Å². The number of para-hydroxylation sites is 1. The Morgan fingerprint density at radius 3 is 2.31 bits per heavy atom. The van der Waals surface area contributed by atoms with Crippen molar-refractivity contribution in [3.8, 4) is 5.75 Å². The van der Waals surface area contributed by atoms with E-state index in [1.807, 2.05) is 30.3 Å². The predicted molar refractivity (Wildman–Crippen MR) is 131 cm³/mol. The number of hydrogen-bond donors (Lipinski definition) is 1. The molecule has 1 aliphatic rings. The van der Waals surface area contributed by atoms with Crippen molar-refractivity contribution in [2.24, 2.45) is 5.92 Å². The van der Waals surface area contributed by atoms with Crippen molar-refractivity contribution in [1.29, 1.82) is 0 Å². The lowest BCUT2D eigenvalue weighted by Crippen LogP contribution is -2.41. The maximum Gasteiger partial charge on any atom is 0.271 e. The first-order valence-electron chi connectivity index (χ1n) is 11.5. The van der Waals surface area contributed by atoms with Crippen molar-refractivity contribution < 1.29 is 17.9 Å². The number of rotatable bonds is 9. The van der Waals surface area contributed by atoms with Gasteiger partial charge in [-0.15, -0.1) is 0 Å². The Hall–Kier alpha value is -3.50. The van der Waals surface area contributed by atoms with Crippen LogP contribution in [0, 0.1) is 5.92 Å². The number of piperidine rings is 1. The Morgan fingerprint density at radius 1 is 0.971 bits per heavy atom. The summed E-state index contributed by atoms with van der Waals surface area (Å²) in [4.78, 5) is 25.0. The van der Waals surface area contributed by atoms with Crippen molar-refractivity contribution in [1.82, 2.24) is 19.4 Å². The second-order valence-electron chi connectivity index (χ2n) is 8.31. The third-order valence-electron chi connectivity index (χ3n) is 5.92. The van der Waals surface area contributed by atoms with Gasteiger partial charge in [0, 0.05) is 25.7 Å². The second kappa shape index (κ2) is 11.3. The smallest absolute Gasteiger partial charge is 0.271 e. The van der Waals surface area contributed by atoms with Crippen molar-refractivity contribution in [2.45, 2.75) is 24.3 Å². The zero-order valence-corrected chi connectivity index (χ0v) is 20.1. The Kier molecular flexibility index (Phi) is 7.94. The number of benzene rings is 2. The van der Waals surface area contributed by atoms with E-state index in [1.165, 1.54) is 21.1 Å². The number of carbonyl (C=O) groups is 1. The molecule has 1 saturated heterocycles. The molecule has 0 atom stereocenters. The van der Waals surface area contributed by atoms with Gasteiger partial charge in [-0.25, -0.2) is 13.1 Å². The summed E-state index contributed by atoms with van der Waals surface area (Å²) in [5.41, 5.74) is -0.168. The average Bonchev–Trinajstić information content (AvgIpc) is 2.89. The summed E-state index contributed by atoms with van der Waals surface area (Å²) < 4.78 is 33.9. The Labute approximate surface area is 204 Å². The molecule has 0 unspecified atom stereocenters. The van der Waals surface area contributed by atoms with Crippen LogP contribution in [0.3, 0.4) is 0 Å². The molecule has 0 bridgehead atoms. The summed E-state index contributed by atoms with van der Waals surface area (Å²) in [6.07, 6.45) is 1.30.